The van der Waals surface area contributed by atoms with Gasteiger partial charge in [-0.05, 0) is 17.9 Å². The predicted octanol–water partition coefficient (Wildman–Crippen LogP) is 2.51. The van der Waals surface area contributed by atoms with E-state index in [4.69, 9.17) is 0 Å². The van der Waals surface area contributed by atoms with Crippen LogP contribution in [0.3, 0.4) is 0 Å². The number of nitriles is 1. The lowest BCUT2D eigenvalue weighted by Crippen LogP contribution is -2.50. The first-order chi connectivity index (χ1) is 10.3. The van der Waals surface area contributed by atoms with Gasteiger partial charge in [-0.2, -0.15) is 5.26 Å². The van der Waals surface area contributed by atoms with Crippen LogP contribution in [0.15, 0.2) is 17.8 Å². The minimum Gasteiger partial charge on any atom is -0.353 e. The lowest BCUT2D eigenvalue weighted by molar-refractivity contribution is 0.211. The van der Waals surface area contributed by atoms with Gasteiger partial charge < -0.3 is 4.90 Å². The van der Waals surface area contributed by atoms with Crippen LogP contribution in [-0.4, -0.2) is 47.1 Å². The van der Waals surface area contributed by atoms with Gasteiger partial charge in [0.25, 0.3) is 0 Å². The van der Waals surface area contributed by atoms with Gasteiger partial charge in [-0.25, -0.2) is 9.97 Å². The summed E-state index contributed by atoms with van der Waals surface area (Å²) in [5.41, 5.74) is 1.02. The highest BCUT2D eigenvalue weighted by atomic mass is 32.1. The molecule has 0 saturated carbocycles. The van der Waals surface area contributed by atoms with Crippen LogP contribution in [0.1, 0.15) is 19.8 Å². The largest absolute Gasteiger partial charge is 0.353 e. The highest BCUT2D eigenvalue weighted by Crippen LogP contribution is 2.28. The molecule has 6 heteroatoms. The Balaban J connectivity index is 1.71. The summed E-state index contributed by atoms with van der Waals surface area (Å²) >= 11 is 1.69. The Hall–Kier alpha value is -1.71. The Morgan fingerprint density at radius 1 is 1.33 bits per heavy atom. The first kappa shape index (κ1) is 14.2. The molecule has 3 rings (SSSR count). The lowest BCUT2D eigenvalue weighted by atomic mass is 10.1. The number of hydrogen-bond donors (Lipinski definition) is 0. The fraction of sp³-hybridized carbons (Fsp3) is 0.533. The normalized spacial score (nSPS) is 17.8. The Morgan fingerprint density at radius 3 is 2.86 bits per heavy atom. The second-order valence-corrected chi connectivity index (χ2v) is 6.20. The van der Waals surface area contributed by atoms with Gasteiger partial charge in [-0.3, -0.25) is 4.90 Å². The third kappa shape index (κ3) is 2.85. The van der Waals surface area contributed by atoms with Gasteiger partial charge in [0.05, 0.1) is 22.3 Å². The van der Waals surface area contributed by atoms with Crippen LogP contribution in [0.2, 0.25) is 0 Å². The average molecular weight is 301 g/mol. The molecule has 2 aromatic rings. The topological polar surface area (TPSA) is 56.1 Å². The van der Waals surface area contributed by atoms with Gasteiger partial charge in [0.15, 0.2) is 0 Å². The smallest absolute Gasteiger partial charge is 0.150 e. The molecule has 1 aliphatic rings. The zero-order valence-corrected chi connectivity index (χ0v) is 13.0. The Bertz CT molecular complexity index is 639. The summed E-state index contributed by atoms with van der Waals surface area (Å²) < 4.78 is 1.16. The maximum Gasteiger partial charge on any atom is 0.150 e. The molecule has 0 aromatic carbocycles. The van der Waals surface area contributed by atoms with Crippen LogP contribution in [0, 0.1) is 11.3 Å². The van der Waals surface area contributed by atoms with Gasteiger partial charge >= 0.3 is 0 Å². The SMILES string of the molecule is CCCC(C#N)N1CCN(c2ncnc3ccsc23)CC1. The molecular weight excluding hydrogens is 282 g/mol. The second kappa shape index (κ2) is 6.37. The molecule has 5 nitrogen and oxygen atoms in total. The molecule has 110 valence electrons. The standard InChI is InChI=1S/C15H19N5S/c1-2-3-12(10-16)19-5-7-20(8-6-19)15-14-13(4-9-21-14)17-11-18-15/h4,9,11-12H,2-3,5-8H2,1H3. The molecule has 1 fully saturated rings. The summed E-state index contributed by atoms with van der Waals surface area (Å²) in [7, 11) is 0. The molecule has 0 amide bonds. The predicted molar refractivity (Wildman–Crippen MR) is 85.5 cm³/mol. The molecule has 1 atom stereocenters. The van der Waals surface area contributed by atoms with Crippen LogP contribution >= 0.6 is 11.3 Å². The minimum atomic E-state index is 0.0595. The summed E-state index contributed by atoms with van der Waals surface area (Å²) in [5.74, 6) is 1.04. The molecule has 21 heavy (non-hydrogen) atoms. The number of nitrogens with zero attached hydrogens (tertiary/aromatic N) is 5. The molecule has 3 heterocycles. The van der Waals surface area contributed by atoms with E-state index in [0.29, 0.717) is 0 Å². The van der Waals surface area contributed by atoms with Crippen LogP contribution in [0.5, 0.6) is 0 Å². The third-order valence-corrected chi connectivity index (χ3v) is 4.89. The van der Waals surface area contributed by atoms with Crippen molar-refractivity contribution in [1.82, 2.24) is 14.9 Å². The number of anilines is 1. The summed E-state index contributed by atoms with van der Waals surface area (Å²) in [6, 6.07) is 4.53. The van der Waals surface area contributed by atoms with Crippen molar-refractivity contribution < 1.29 is 0 Å². The monoisotopic (exact) mass is 301 g/mol. The van der Waals surface area contributed by atoms with Crippen molar-refractivity contribution in [2.75, 3.05) is 31.1 Å². The van der Waals surface area contributed by atoms with Crippen LogP contribution < -0.4 is 4.90 Å². The van der Waals surface area contributed by atoms with Gasteiger partial charge in [0, 0.05) is 26.2 Å². The summed E-state index contributed by atoms with van der Waals surface area (Å²) in [6.45, 7) is 5.83. The van der Waals surface area contributed by atoms with Crippen LogP contribution in [-0.2, 0) is 0 Å². The van der Waals surface area contributed by atoms with Crippen LogP contribution in [0.25, 0.3) is 10.2 Å². The van der Waals surface area contributed by atoms with E-state index in [1.54, 1.807) is 17.7 Å². The molecule has 1 unspecified atom stereocenters. The van der Waals surface area contributed by atoms with E-state index in [1.807, 2.05) is 6.07 Å². The van der Waals surface area contributed by atoms with Gasteiger partial charge in [0.1, 0.15) is 12.1 Å². The van der Waals surface area contributed by atoms with Crippen molar-refractivity contribution in [2.45, 2.75) is 25.8 Å². The zero-order chi connectivity index (χ0) is 14.7. The fourth-order valence-corrected chi connectivity index (χ4v) is 3.71. The van der Waals surface area contributed by atoms with E-state index in [0.717, 1.165) is 55.1 Å². The molecule has 0 aliphatic carbocycles. The summed E-state index contributed by atoms with van der Waals surface area (Å²) in [6.07, 6.45) is 3.66. The van der Waals surface area contributed by atoms with Crippen molar-refractivity contribution in [2.24, 2.45) is 0 Å². The van der Waals surface area contributed by atoms with Crippen LogP contribution in [0.4, 0.5) is 5.82 Å². The second-order valence-electron chi connectivity index (χ2n) is 5.29. The van der Waals surface area contributed by atoms with Crippen molar-refractivity contribution in [1.29, 1.82) is 5.26 Å². The van der Waals surface area contributed by atoms with E-state index < -0.39 is 0 Å². The minimum absolute atomic E-state index is 0.0595. The first-order valence-corrected chi connectivity index (χ1v) is 8.28. The summed E-state index contributed by atoms with van der Waals surface area (Å²) in [5, 5.41) is 11.3. The van der Waals surface area contributed by atoms with Gasteiger partial charge in [0.2, 0.25) is 0 Å². The quantitative estimate of drug-likeness (QED) is 0.868. The number of hydrogen-bond acceptors (Lipinski definition) is 6. The first-order valence-electron chi connectivity index (χ1n) is 7.40. The molecule has 0 N–H and O–H groups in total. The fourth-order valence-electron chi connectivity index (χ4n) is 2.85. The Kier molecular flexibility index (Phi) is 4.32. The highest BCUT2D eigenvalue weighted by Gasteiger charge is 2.24. The van der Waals surface area contributed by atoms with Gasteiger partial charge in [-0.1, -0.05) is 13.3 Å². The number of aromatic nitrogens is 2. The number of fused-ring (bicyclic) bond motifs is 1. The van der Waals surface area contributed by atoms with Crippen molar-refractivity contribution in [3.8, 4) is 6.07 Å². The molecule has 0 radical (unpaired) electrons. The lowest BCUT2D eigenvalue weighted by Gasteiger charge is -2.37. The molecule has 1 saturated heterocycles. The number of piperazine rings is 1. The number of thiophene rings is 1. The van der Waals surface area contributed by atoms with Crippen molar-refractivity contribution >= 4 is 27.4 Å². The van der Waals surface area contributed by atoms with E-state index in [2.05, 4.69) is 38.1 Å². The van der Waals surface area contributed by atoms with E-state index >= 15 is 0 Å². The highest BCUT2D eigenvalue weighted by molar-refractivity contribution is 7.17. The third-order valence-electron chi connectivity index (χ3n) is 3.99. The average Bonchev–Trinajstić information content (AvgIpc) is 3.01. The maximum absolute atomic E-state index is 9.28. The molecule has 1 aliphatic heterocycles. The van der Waals surface area contributed by atoms with Gasteiger partial charge in [-0.15, -0.1) is 11.3 Å². The van der Waals surface area contributed by atoms with E-state index in [-0.39, 0.29) is 6.04 Å². The van der Waals surface area contributed by atoms with Crippen molar-refractivity contribution in [3.63, 3.8) is 0 Å². The molecular formula is C15H19N5S. The molecule has 0 spiro atoms. The van der Waals surface area contributed by atoms with Crippen molar-refractivity contribution in [3.05, 3.63) is 17.8 Å². The molecule has 0 bridgehead atoms. The Labute approximate surface area is 128 Å². The maximum atomic E-state index is 9.28. The molecule has 2 aromatic heterocycles. The van der Waals surface area contributed by atoms with E-state index in [1.165, 1.54) is 0 Å². The van der Waals surface area contributed by atoms with E-state index in [9.17, 15) is 5.26 Å². The Morgan fingerprint density at radius 2 is 2.14 bits per heavy atom. The summed E-state index contributed by atoms with van der Waals surface area (Å²) in [4.78, 5) is 13.4. The number of rotatable bonds is 4. The zero-order valence-electron chi connectivity index (χ0n) is 12.2.